The summed E-state index contributed by atoms with van der Waals surface area (Å²) in [5, 5.41) is 11.0. The third-order valence-electron chi connectivity index (χ3n) is 2.46. The predicted molar refractivity (Wildman–Crippen MR) is 55.5 cm³/mol. The van der Waals surface area contributed by atoms with E-state index in [2.05, 4.69) is 5.32 Å². The molecule has 90 valence electrons. The number of carbonyl (C=O) groups is 1. The van der Waals surface area contributed by atoms with Gasteiger partial charge in [-0.25, -0.2) is 4.79 Å². The summed E-state index contributed by atoms with van der Waals surface area (Å²) in [5.41, 5.74) is 0.0152. The van der Waals surface area contributed by atoms with Gasteiger partial charge in [0.15, 0.2) is 6.04 Å². The highest BCUT2D eigenvalue weighted by molar-refractivity contribution is 5.97. The second-order valence-corrected chi connectivity index (χ2v) is 3.61. The lowest BCUT2D eigenvalue weighted by Gasteiger charge is -2.27. The molecule has 1 unspecified atom stereocenters. The smallest absolute Gasteiger partial charge is 0.413 e. The van der Waals surface area contributed by atoms with Gasteiger partial charge in [-0.1, -0.05) is 18.2 Å². The van der Waals surface area contributed by atoms with Crippen LogP contribution in [0.3, 0.4) is 0 Å². The first kappa shape index (κ1) is 11.5. The maximum absolute atomic E-state index is 12.7. The molecule has 0 fully saturated rings. The lowest BCUT2D eigenvalue weighted by molar-refractivity contribution is -0.146. The minimum Gasteiger partial charge on any atom is -0.478 e. The minimum atomic E-state index is -4.64. The highest BCUT2D eigenvalue weighted by atomic mass is 19.4. The van der Waals surface area contributed by atoms with Crippen molar-refractivity contribution in [3.8, 4) is 0 Å². The predicted octanol–water partition coefficient (Wildman–Crippen LogP) is 2.51. The molecular formula is C11H8F3NO2. The number of hydrogen-bond acceptors (Lipinski definition) is 2. The normalized spacial score (nSPS) is 19.0. The fourth-order valence-corrected chi connectivity index (χ4v) is 1.68. The van der Waals surface area contributed by atoms with Gasteiger partial charge in [0.1, 0.15) is 0 Å². The van der Waals surface area contributed by atoms with Gasteiger partial charge in [0.05, 0.1) is 5.57 Å². The van der Waals surface area contributed by atoms with E-state index in [-0.39, 0.29) is 5.69 Å². The molecular weight excluding hydrogens is 235 g/mol. The van der Waals surface area contributed by atoms with Gasteiger partial charge < -0.3 is 10.4 Å². The molecule has 17 heavy (non-hydrogen) atoms. The van der Waals surface area contributed by atoms with Crippen LogP contribution in [-0.2, 0) is 4.79 Å². The van der Waals surface area contributed by atoms with Crippen molar-refractivity contribution in [2.75, 3.05) is 5.32 Å². The molecule has 1 heterocycles. The van der Waals surface area contributed by atoms with Crippen molar-refractivity contribution in [1.29, 1.82) is 0 Å². The third-order valence-corrected chi connectivity index (χ3v) is 2.46. The Morgan fingerprint density at radius 1 is 1.29 bits per heavy atom. The van der Waals surface area contributed by atoms with E-state index in [1.54, 1.807) is 18.2 Å². The van der Waals surface area contributed by atoms with E-state index in [1.165, 1.54) is 6.07 Å². The SMILES string of the molecule is O=C(O)C1=Cc2ccccc2NC1C(F)(F)F. The molecule has 0 radical (unpaired) electrons. The second kappa shape index (κ2) is 3.80. The molecule has 6 heteroatoms. The van der Waals surface area contributed by atoms with Crippen molar-refractivity contribution in [3.05, 3.63) is 35.4 Å². The number of nitrogens with one attached hydrogen (secondary N) is 1. The number of carboxylic acid groups (broad SMARTS) is 1. The monoisotopic (exact) mass is 243 g/mol. The highest BCUT2D eigenvalue weighted by Gasteiger charge is 2.46. The highest BCUT2D eigenvalue weighted by Crippen LogP contribution is 2.35. The van der Waals surface area contributed by atoms with Crippen LogP contribution in [0.2, 0.25) is 0 Å². The number of fused-ring (bicyclic) bond motifs is 1. The Bertz CT molecular complexity index is 494. The summed E-state index contributed by atoms with van der Waals surface area (Å²) < 4.78 is 38.0. The molecule has 2 N–H and O–H groups in total. The molecule has 0 saturated carbocycles. The van der Waals surface area contributed by atoms with Gasteiger partial charge in [0.25, 0.3) is 0 Å². The zero-order valence-corrected chi connectivity index (χ0v) is 8.45. The third kappa shape index (κ3) is 2.11. The van der Waals surface area contributed by atoms with E-state index in [0.717, 1.165) is 6.08 Å². The minimum absolute atomic E-state index is 0.278. The lowest BCUT2D eigenvalue weighted by atomic mass is 9.97. The summed E-state index contributed by atoms with van der Waals surface area (Å²) in [7, 11) is 0. The summed E-state index contributed by atoms with van der Waals surface area (Å²) in [6, 6.07) is 4.07. The molecule has 1 atom stereocenters. The molecule has 0 aliphatic carbocycles. The Morgan fingerprint density at radius 3 is 2.53 bits per heavy atom. The molecule has 0 bridgehead atoms. The van der Waals surface area contributed by atoms with Crippen molar-refractivity contribution in [2.24, 2.45) is 0 Å². The molecule has 1 aliphatic heterocycles. The molecule has 0 aromatic heterocycles. The Morgan fingerprint density at radius 2 is 1.94 bits per heavy atom. The van der Waals surface area contributed by atoms with E-state index in [9.17, 15) is 18.0 Å². The van der Waals surface area contributed by atoms with Gasteiger partial charge in [-0.3, -0.25) is 0 Å². The largest absolute Gasteiger partial charge is 0.478 e. The van der Waals surface area contributed by atoms with Crippen LogP contribution in [0.15, 0.2) is 29.8 Å². The van der Waals surface area contributed by atoms with Crippen LogP contribution in [0.4, 0.5) is 18.9 Å². The average molecular weight is 243 g/mol. The summed E-state index contributed by atoms with van der Waals surface area (Å²) >= 11 is 0. The zero-order chi connectivity index (χ0) is 12.6. The number of aliphatic carboxylic acids is 1. The fourth-order valence-electron chi connectivity index (χ4n) is 1.68. The first-order valence-electron chi connectivity index (χ1n) is 4.77. The molecule has 0 spiro atoms. The van der Waals surface area contributed by atoms with Gasteiger partial charge >= 0.3 is 12.1 Å². The topological polar surface area (TPSA) is 49.3 Å². The number of halogens is 3. The van der Waals surface area contributed by atoms with Crippen LogP contribution in [0.5, 0.6) is 0 Å². The molecule has 1 aromatic rings. The van der Waals surface area contributed by atoms with Crippen molar-refractivity contribution >= 4 is 17.7 Å². The number of alkyl halides is 3. The summed E-state index contributed by atoms with van der Waals surface area (Å²) in [6.07, 6.45) is -3.59. The number of carboxylic acids is 1. The summed E-state index contributed by atoms with van der Waals surface area (Å²) in [5.74, 6) is -1.57. The maximum atomic E-state index is 12.7. The van der Waals surface area contributed by atoms with Gasteiger partial charge in [-0.15, -0.1) is 0 Å². The van der Waals surface area contributed by atoms with Crippen molar-refractivity contribution in [1.82, 2.24) is 0 Å². The van der Waals surface area contributed by atoms with Crippen LogP contribution >= 0.6 is 0 Å². The Hall–Kier alpha value is -1.98. The van der Waals surface area contributed by atoms with E-state index in [0.29, 0.717) is 5.56 Å². The van der Waals surface area contributed by atoms with Crippen molar-refractivity contribution in [3.63, 3.8) is 0 Å². The fraction of sp³-hybridized carbons (Fsp3) is 0.182. The number of benzene rings is 1. The number of anilines is 1. The van der Waals surface area contributed by atoms with Crippen molar-refractivity contribution < 1.29 is 23.1 Å². The zero-order valence-electron chi connectivity index (χ0n) is 8.45. The quantitative estimate of drug-likeness (QED) is 0.796. The van der Waals surface area contributed by atoms with Gasteiger partial charge in [0, 0.05) is 5.69 Å². The molecule has 2 rings (SSSR count). The van der Waals surface area contributed by atoms with Gasteiger partial charge in [0.2, 0.25) is 0 Å². The second-order valence-electron chi connectivity index (χ2n) is 3.61. The molecule has 1 aromatic carbocycles. The van der Waals surface area contributed by atoms with E-state index < -0.39 is 23.8 Å². The van der Waals surface area contributed by atoms with Crippen LogP contribution < -0.4 is 5.32 Å². The Balaban J connectivity index is 2.51. The number of para-hydroxylation sites is 1. The number of rotatable bonds is 1. The molecule has 1 aliphatic rings. The van der Waals surface area contributed by atoms with E-state index >= 15 is 0 Å². The van der Waals surface area contributed by atoms with Gasteiger partial charge in [-0.2, -0.15) is 13.2 Å². The Kier molecular flexibility index (Phi) is 2.57. The lowest BCUT2D eigenvalue weighted by Crippen LogP contribution is -2.41. The van der Waals surface area contributed by atoms with Crippen LogP contribution in [0, 0.1) is 0 Å². The molecule has 3 nitrogen and oxygen atoms in total. The standard InChI is InChI=1S/C11H8F3NO2/c12-11(13,14)9-7(10(16)17)5-6-3-1-2-4-8(6)15-9/h1-5,9,15H,(H,16,17). The van der Waals surface area contributed by atoms with Crippen molar-refractivity contribution in [2.45, 2.75) is 12.2 Å². The Labute approximate surface area is 94.6 Å². The van der Waals surface area contributed by atoms with E-state index in [1.807, 2.05) is 0 Å². The van der Waals surface area contributed by atoms with Gasteiger partial charge in [-0.05, 0) is 17.7 Å². The average Bonchev–Trinajstić information content (AvgIpc) is 2.26. The van der Waals surface area contributed by atoms with Crippen LogP contribution in [-0.4, -0.2) is 23.3 Å². The number of hydrogen-bond donors (Lipinski definition) is 2. The summed E-state index contributed by atoms with van der Waals surface area (Å²) in [4.78, 5) is 10.8. The molecule has 0 amide bonds. The summed E-state index contributed by atoms with van der Waals surface area (Å²) in [6.45, 7) is 0. The van der Waals surface area contributed by atoms with Crippen LogP contribution in [0.1, 0.15) is 5.56 Å². The maximum Gasteiger partial charge on any atom is 0.413 e. The molecule has 0 saturated heterocycles. The van der Waals surface area contributed by atoms with Crippen LogP contribution in [0.25, 0.3) is 6.08 Å². The first-order chi connectivity index (χ1) is 7.89. The van der Waals surface area contributed by atoms with E-state index in [4.69, 9.17) is 5.11 Å². The first-order valence-corrected chi connectivity index (χ1v) is 4.77.